The van der Waals surface area contributed by atoms with Crippen LogP contribution in [0.25, 0.3) is 10.8 Å². The van der Waals surface area contributed by atoms with Crippen molar-refractivity contribution < 1.29 is 8.42 Å². The number of nitrogens with one attached hydrogen (secondary N) is 1. The van der Waals surface area contributed by atoms with Crippen molar-refractivity contribution in [1.29, 1.82) is 0 Å². The normalized spacial score (nSPS) is 16.7. The van der Waals surface area contributed by atoms with Gasteiger partial charge in [0.15, 0.2) is 0 Å². The van der Waals surface area contributed by atoms with Crippen LogP contribution in [-0.2, 0) is 16.6 Å². The highest BCUT2D eigenvalue weighted by Gasteiger charge is 2.22. The second-order valence-electron chi connectivity index (χ2n) is 7.16. The number of hydrogen-bond acceptors (Lipinski definition) is 4. The van der Waals surface area contributed by atoms with Gasteiger partial charge in [0.2, 0.25) is 10.0 Å². The molecule has 0 saturated carbocycles. The van der Waals surface area contributed by atoms with Crippen molar-refractivity contribution in [3.63, 3.8) is 0 Å². The molecule has 0 atom stereocenters. The summed E-state index contributed by atoms with van der Waals surface area (Å²) in [5, 5.41) is 4.11. The minimum atomic E-state index is -3.47. The van der Waals surface area contributed by atoms with E-state index in [0.29, 0.717) is 17.4 Å². The summed E-state index contributed by atoms with van der Waals surface area (Å²) in [5.41, 5.74) is 0. The maximum absolute atomic E-state index is 12.7. The van der Waals surface area contributed by atoms with E-state index < -0.39 is 10.0 Å². The van der Waals surface area contributed by atoms with Gasteiger partial charge in [-0.1, -0.05) is 36.4 Å². The Labute approximate surface area is 164 Å². The zero-order valence-corrected chi connectivity index (χ0v) is 16.8. The number of nitrogens with zero attached hydrogens (tertiary/aromatic N) is 1. The molecule has 1 saturated heterocycles. The van der Waals surface area contributed by atoms with E-state index in [4.69, 9.17) is 0 Å². The molecule has 2 aromatic carbocycles. The van der Waals surface area contributed by atoms with Crippen LogP contribution in [0.4, 0.5) is 0 Å². The lowest BCUT2D eigenvalue weighted by Gasteiger charge is -2.31. The molecule has 3 aromatic rings. The van der Waals surface area contributed by atoms with E-state index in [2.05, 4.69) is 27.1 Å². The van der Waals surface area contributed by atoms with Gasteiger partial charge >= 0.3 is 0 Å². The lowest BCUT2D eigenvalue weighted by atomic mass is 9.97. The van der Waals surface area contributed by atoms with Crippen molar-refractivity contribution in [3.8, 4) is 0 Å². The molecule has 1 N–H and O–H groups in total. The van der Waals surface area contributed by atoms with Crippen LogP contribution in [0.1, 0.15) is 17.7 Å². The Kier molecular flexibility index (Phi) is 5.59. The van der Waals surface area contributed by atoms with Gasteiger partial charge in [0.1, 0.15) is 0 Å². The number of piperidine rings is 1. The van der Waals surface area contributed by atoms with E-state index in [9.17, 15) is 8.42 Å². The monoisotopic (exact) mass is 400 g/mol. The van der Waals surface area contributed by atoms with Crippen molar-refractivity contribution in [2.24, 2.45) is 5.92 Å². The molecule has 27 heavy (non-hydrogen) atoms. The highest BCUT2D eigenvalue weighted by molar-refractivity contribution is 7.89. The first-order chi connectivity index (χ1) is 13.1. The Balaban J connectivity index is 1.32. The van der Waals surface area contributed by atoms with Crippen LogP contribution in [0.3, 0.4) is 0 Å². The van der Waals surface area contributed by atoms with Crippen LogP contribution in [0, 0.1) is 5.92 Å². The van der Waals surface area contributed by atoms with Crippen molar-refractivity contribution in [2.45, 2.75) is 24.3 Å². The molecule has 0 bridgehead atoms. The van der Waals surface area contributed by atoms with Gasteiger partial charge in [-0.25, -0.2) is 13.1 Å². The van der Waals surface area contributed by atoms with Crippen LogP contribution >= 0.6 is 11.3 Å². The van der Waals surface area contributed by atoms with Crippen LogP contribution < -0.4 is 4.72 Å². The first-order valence-corrected chi connectivity index (χ1v) is 11.7. The van der Waals surface area contributed by atoms with Gasteiger partial charge in [-0.15, -0.1) is 11.3 Å². The second kappa shape index (κ2) is 8.10. The molecule has 1 aliphatic rings. The van der Waals surface area contributed by atoms with Gasteiger partial charge in [0.05, 0.1) is 4.90 Å². The van der Waals surface area contributed by atoms with E-state index >= 15 is 0 Å². The number of hydrogen-bond donors (Lipinski definition) is 1. The lowest BCUT2D eigenvalue weighted by Crippen LogP contribution is -2.38. The summed E-state index contributed by atoms with van der Waals surface area (Å²) < 4.78 is 28.2. The van der Waals surface area contributed by atoms with E-state index in [0.717, 1.165) is 43.2 Å². The van der Waals surface area contributed by atoms with Crippen molar-refractivity contribution in [1.82, 2.24) is 9.62 Å². The molecule has 0 amide bonds. The number of thiophene rings is 1. The summed E-state index contributed by atoms with van der Waals surface area (Å²) in [7, 11) is -3.47. The summed E-state index contributed by atoms with van der Waals surface area (Å²) >= 11 is 1.80. The van der Waals surface area contributed by atoms with E-state index in [1.165, 1.54) is 4.88 Å². The van der Waals surface area contributed by atoms with Crippen molar-refractivity contribution in [3.05, 3.63) is 64.9 Å². The fraction of sp³-hybridized carbons (Fsp3) is 0.333. The number of likely N-dealkylation sites (tertiary alicyclic amines) is 1. The number of rotatable bonds is 6. The number of benzene rings is 2. The Bertz CT molecular complexity index is 992. The Morgan fingerprint density at radius 1 is 1.00 bits per heavy atom. The topological polar surface area (TPSA) is 49.4 Å². The number of sulfonamides is 1. The molecule has 1 aliphatic heterocycles. The van der Waals surface area contributed by atoms with Gasteiger partial charge < -0.3 is 0 Å². The summed E-state index contributed by atoms with van der Waals surface area (Å²) in [4.78, 5) is 4.20. The first-order valence-electron chi connectivity index (χ1n) is 9.33. The summed E-state index contributed by atoms with van der Waals surface area (Å²) in [6.45, 7) is 3.58. The summed E-state index contributed by atoms with van der Waals surface area (Å²) in [6, 6.07) is 17.4. The average Bonchev–Trinajstić information content (AvgIpc) is 3.20. The molecule has 0 aliphatic carbocycles. The standard InChI is InChI=1S/C21H24N2O2S2/c24-27(25,21-8-7-18-4-1-2-5-19(18)14-21)22-15-17-9-11-23(12-10-17)16-20-6-3-13-26-20/h1-8,13-14,17,22H,9-12,15-16H2. The minimum Gasteiger partial charge on any atom is -0.298 e. The zero-order chi connectivity index (χ0) is 18.7. The smallest absolute Gasteiger partial charge is 0.240 e. The van der Waals surface area contributed by atoms with Crippen molar-refractivity contribution >= 4 is 32.1 Å². The predicted molar refractivity (Wildman–Crippen MR) is 111 cm³/mol. The SMILES string of the molecule is O=S(=O)(NCC1CCN(Cc2cccs2)CC1)c1ccc2ccccc2c1. The maximum Gasteiger partial charge on any atom is 0.240 e. The third-order valence-electron chi connectivity index (χ3n) is 5.26. The molecular formula is C21H24N2O2S2. The molecule has 0 spiro atoms. The third-order valence-corrected chi connectivity index (χ3v) is 7.54. The molecule has 0 radical (unpaired) electrons. The van der Waals surface area contributed by atoms with Gasteiger partial charge in [-0.3, -0.25) is 4.90 Å². The van der Waals surface area contributed by atoms with Crippen LogP contribution in [0.5, 0.6) is 0 Å². The molecule has 1 aromatic heterocycles. The quantitative estimate of drug-likeness (QED) is 0.678. The molecule has 142 valence electrons. The van der Waals surface area contributed by atoms with E-state index in [1.807, 2.05) is 30.3 Å². The molecule has 4 rings (SSSR count). The molecule has 1 fully saturated rings. The van der Waals surface area contributed by atoms with Crippen molar-refractivity contribution in [2.75, 3.05) is 19.6 Å². The molecule has 4 nitrogen and oxygen atoms in total. The summed E-state index contributed by atoms with van der Waals surface area (Å²) in [6.07, 6.45) is 2.07. The van der Waals surface area contributed by atoms with Gasteiger partial charge in [-0.05, 0) is 66.2 Å². The largest absolute Gasteiger partial charge is 0.298 e. The predicted octanol–water partition coefficient (Wildman–Crippen LogP) is 4.09. The fourth-order valence-corrected chi connectivity index (χ4v) is 5.51. The highest BCUT2D eigenvalue weighted by atomic mass is 32.2. The molecule has 0 unspecified atom stereocenters. The lowest BCUT2D eigenvalue weighted by molar-refractivity contribution is 0.180. The maximum atomic E-state index is 12.7. The zero-order valence-electron chi connectivity index (χ0n) is 15.2. The average molecular weight is 401 g/mol. The van der Waals surface area contributed by atoms with E-state index in [-0.39, 0.29) is 0 Å². The Morgan fingerprint density at radius 3 is 2.52 bits per heavy atom. The van der Waals surface area contributed by atoms with Gasteiger partial charge in [-0.2, -0.15) is 0 Å². The fourth-order valence-electron chi connectivity index (χ4n) is 3.62. The van der Waals surface area contributed by atoms with Crippen LogP contribution in [0.2, 0.25) is 0 Å². The molecule has 2 heterocycles. The molecule has 6 heteroatoms. The summed E-state index contributed by atoms with van der Waals surface area (Å²) in [5.74, 6) is 0.403. The number of fused-ring (bicyclic) bond motifs is 1. The van der Waals surface area contributed by atoms with Gasteiger partial charge in [0.25, 0.3) is 0 Å². The second-order valence-corrected chi connectivity index (χ2v) is 9.96. The Morgan fingerprint density at radius 2 is 1.78 bits per heavy atom. The van der Waals surface area contributed by atoms with Crippen LogP contribution in [0.15, 0.2) is 64.9 Å². The van der Waals surface area contributed by atoms with E-state index in [1.54, 1.807) is 23.5 Å². The van der Waals surface area contributed by atoms with Gasteiger partial charge in [0, 0.05) is 18.0 Å². The first kappa shape index (κ1) is 18.6. The molecular weight excluding hydrogens is 376 g/mol. The highest BCUT2D eigenvalue weighted by Crippen LogP contribution is 2.22. The van der Waals surface area contributed by atoms with Crippen LogP contribution in [-0.4, -0.2) is 33.0 Å². The Hall–Kier alpha value is -1.73. The third kappa shape index (κ3) is 4.58. The minimum absolute atomic E-state index is 0.344.